The third kappa shape index (κ3) is 3.23. The molecule has 5 heterocycles. The summed E-state index contributed by atoms with van der Waals surface area (Å²) in [5.74, 6) is 0. The standard InChI is InChI=1S/C24H23N7/c1-29-10-12-30(13-11-29)19-4-2-17(3-5-19)18-14-20-21(16-27-24(20)26-15-18)22-6-7-23-25-8-9-31(23)28-22/h2-9,14-16H,10-13H2,1H3,(H,26,27). The first-order valence-electron chi connectivity index (χ1n) is 10.6. The fraction of sp³-hybridized carbons (Fsp3) is 0.208. The van der Waals surface area contributed by atoms with Gasteiger partial charge in [0.15, 0.2) is 5.65 Å². The van der Waals surface area contributed by atoms with Crippen LogP contribution in [0.1, 0.15) is 0 Å². The first-order valence-corrected chi connectivity index (χ1v) is 10.6. The number of nitrogens with one attached hydrogen (secondary N) is 1. The molecule has 0 amide bonds. The number of hydrogen-bond acceptors (Lipinski definition) is 5. The van der Waals surface area contributed by atoms with E-state index in [1.165, 1.54) is 5.69 Å². The summed E-state index contributed by atoms with van der Waals surface area (Å²) in [6.07, 6.45) is 7.52. The number of aromatic nitrogens is 5. The van der Waals surface area contributed by atoms with Crippen molar-refractivity contribution >= 4 is 22.4 Å². The number of imidazole rings is 1. The molecule has 5 aromatic rings. The number of hydrogen-bond donors (Lipinski definition) is 1. The molecule has 0 spiro atoms. The van der Waals surface area contributed by atoms with E-state index in [-0.39, 0.29) is 0 Å². The Bertz CT molecular complexity index is 1360. The Hall–Kier alpha value is -3.71. The average molecular weight is 409 g/mol. The van der Waals surface area contributed by atoms with Crippen LogP contribution >= 0.6 is 0 Å². The van der Waals surface area contributed by atoms with E-state index in [2.05, 4.69) is 62.1 Å². The zero-order chi connectivity index (χ0) is 20.8. The molecule has 1 saturated heterocycles. The maximum atomic E-state index is 4.70. The third-order valence-corrected chi connectivity index (χ3v) is 6.13. The summed E-state index contributed by atoms with van der Waals surface area (Å²) in [4.78, 5) is 17.0. The smallest absolute Gasteiger partial charge is 0.153 e. The van der Waals surface area contributed by atoms with Crippen molar-refractivity contribution in [2.24, 2.45) is 0 Å². The Labute approximate surface area is 180 Å². The second kappa shape index (κ2) is 7.21. The van der Waals surface area contributed by atoms with Crippen LogP contribution in [0.2, 0.25) is 0 Å². The van der Waals surface area contributed by atoms with Crippen molar-refractivity contribution in [2.75, 3.05) is 38.1 Å². The maximum Gasteiger partial charge on any atom is 0.153 e. The molecule has 6 rings (SSSR count). The van der Waals surface area contributed by atoms with Crippen molar-refractivity contribution in [3.63, 3.8) is 0 Å². The van der Waals surface area contributed by atoms with Gasteiger partial charge < -0.3 is 14.8 Å². The summed E-state index contributed by atoms with van der Waals surface area (Å²) in [6.45, 7) is 4.36. The van der Waals surface area contributed by atoms with Crippen LogP contribution in [0.4, 0.5) is 5.69 Å². The quantitative estimate of drug-likeness (QED) is 0.492. The lowest BCUT2D eigenvalue weighted by Gasteiger charge is -2.34. The molecule has 7 heteroatoms. The van der Waals surface area contributed by atoms with Crippen LogP contribution in [0.25, 0.3) is 39.1 Å². The van der Waals surface area contributed by atoms with Crippen molar-refractivity contribution in [2.45, 2.75) is 0 Å². The van der Waals surface area contributed by atoms with Gasteiger partial charge in [-0.2, -0.15) is 5.10 Å². The van der Waals surface area contributed by atoms with Crippen LogP contribution in [0.3, 0.4) is 0 Å². The predicted molar refractivity (Wildman–Crippen MR) is 123 cm³/mol. The van der Waals surface area contributed by atoms with Gasteiger partial charge in [0, 0.05) is 73.2 Å². The van der Waals surface area contributed by atoms with Gasteiger partial charge >= 0.3 is 0 Å². The molecule has 1 aliphatic heterocycles. The molecule has 0 unspecified atom stereocenters. The lowest BCUT2D eigenvalue weighted by Crippen LogP contribution is -2.44. The average Bonchev–Trinajstić information content (AvgIpc) is 3.45. The van der Waals surface area contributed by atoms with E-state index >= 15 is 0 Å². The Kier molecular flexibility index (Phi) is 4.21. The Morgan fingerprint density at radius 1 is 0.903 bits per heavy atom. The van der Waals surface area contributed by atoms with E-state index in [4.69, 9.17) is 5.10 Å². The van der Waals surface area contributed by atoms with E-state index in [1.54, 1.807) is 10.7 Å². The van der Waals surface area contributed by atoms with Gasteiger partial charge in [-0.3, -0.25) is 0 Å². The Morgan fingerprint density at radius 2 is 1.74 bits per heavy atom. The molecule has 0 bridgehead atoms. The number of anilines is 1. The third-order valence-electron chi connectivity index (χ3n) is 6.13. The molecular formula is C24H23N7. The highest BCUT2D eigenvalue weighted by Crippen LogP contribution is 2.31. The fourth-order valence-electron chi connectivity index (χ4n) is 4.26. The van der Waals surface area contributed by atoms with Gasteiger partial charge in [0.1, 0.15) is 5.65 Å². The lowest BCUT2D eigenvalue weighted by molar-refractivity contribution is 0.313. The van der Waals surface area contributed by atoms with Gasteiger partial charge in [0.2, 0.25) is 0 Å². The van der Waals surface area contributed by atoms with E-state index in [0.29, 0.717) is 0 Å². The Balaban J connectivity index is 1.34. The van der Waals surface area contributed by atoms with E-state index in [9.17, 15) is 0 Å². The first kappa shape index (κ1) is 18.1. The highest BCUT2D eigenvalue weighted by molar-refractivity contribution is 5.95. The zero-order valence-electron chi connectivity index (χ0n) is 17.4. The zero-order valence-corrected chi connectivity index (χ0v) is 17.4. The molecule has 1 N–H and O–H groups in total. The van der Waals surface area contributed by atoms with Gasteiger partial charge in [-0.15, -0.1) is 0 Å². The fourth-order valence-corrected chi connectivity index (χ4v) is 4.26. The molecule has 0 aliphatic carbocycles. The highest BCUT2D eigenvalue weighted by Gasteiger charge is 2.15. The van der Waals surface area contributed by atoms with Crippen LogP contribution < -0.4 is 4.90 Å². The largest absolute Gasteiger partial charge is 0.369 e. The molecule has 4 aromatic heterocycles. The molecule has 0 saturated carbocycles. The first-order chi connectivity index (χ1) is 15.2. The number of piperazine rings is 1. The molecular weight excluding hydrogens is 386 g/mol. The summed E-state index contributed by atoms with van der Waals surface area (Å²) in [7, 11) is 2.18. The van der Waals surface area contributed by atoms with Crippen LogP contribution in [0.15, 0.2) is 67.3 Å². The molecule has 1 fully saturated rings. The van der Waals surface area contributed by atoms with Gasteiger partial charge in [-0.1, -0.05) is 12.1 Å². The minimum Gasteiger partial charge on any atom is -0.369 e. The number of rotatable bonds is 3. The molecule has 1 aliphatic rings. The van der Waals surface area contributed by atoms with Crippen molar-refractivity contribution in [1.29, 1.82) is 0 Å². The normalized spacial score (nSPS) is 15.2. The second-order valence-corrected chi connectivity index (χ2v) is 8.11. The Morgan fingerprint density at radius 3 is 2.58 bits per heavy atom. The lowest BCUT2D eigenvalue weighted by atomic mass is 10.0. The van der Waals surface area contributed by atoms with E-state index in [0.717, 1.165) is 65.2 Å². The molecule has 0 atom stereocenters. The molecule has 0 radical (unpaired) electrons. The summed E-state index contributed by atoms with van der Waals surface area (Å²) < 4.78 is 1.79. The minimum atomic E-state index is 0.836. The highest BCUT2D eigenvalue weighted by atomic mass is 15.3. The number of H-pyrrole nitrogens is 1. The summed E-state index contributed by atoms with van der Waals surface area (Å²) in [5.41, 5.74) is 7.17. The minimum absolute atomic E-state index is 0.836. The molecule has 154 valence electrons. The van der Waals surface area contributed by atoms with Crippen molar-refractivity contribution < 1.29 is 0 Å². The maximum absolute atomic E-state index is 4.70. The number of aromatic amines is 1. The molecule has 1 aromatic carbocycles. The number of nitrogens with zero attached hydrogens (tertiary/aromatic N) is 6. The topological polar surface area (TPSA) is 65.3 Å². The predicted octanol–water partition coefficient (Wildman–Crippen LogP) is 3.69. The van der Waals surface area contributed by atoms with E-state index < -0.39 is 0 Å². The van der Waals surface area contributed by atoms with Crippen LogP contribution in [0, 0.1) is 0 Å². The number of fused-ring (bicyclic) bond motifs is 2. The van der Waals surface area contributed by atoms with E-state index in [1.807, 2.05) is 30.7 Å². The van der Waals surface area contributed by atoms with Crippen molar-refractivity contribution in [1.82, 2.24) is 29.5 Å². The van der Waals surface area contributed by atoms with Crippen LogP contribution in [0.5, 0.6) is 0 Å². The summed E-state index contributed by atoms with van der Waals surface area (Å²) in [5, 5.41) is 5.76. The summed E-state index contributed by atoms with van der Waals surface area (Å²) >= 11 is 0. The molecule has 31 heavy (non-hydrogen) atoms. The van der Waals surface area contributed by atoms with Gasteiger partial charge in [-0.05, 0) is 42.9 Å². The van der Waals surface area contributed by atoms with Crippen molar-refractivity contribution in [3.8, 4) is 22.4 Å². The van der Waals surface area contributed by atoms with Gasteiger partial charge in [0.05, 0.1) is 5.69 Å². The molecule has 7 nitrogen and oxygen atoms in total. The number of benzene rings is 1. The monoisotopic (exact) mass is 409 g/mol. The van der Waals surface area contributed by atoms with Gasteiger partial charge in [0.25, 0.3) is 0 Å². The summed E-state index contributed by atoms with van der Waals surface area (Å²) in [6, 6.07) is 15.0. The van der Waals surface area contributed by atoms with Crippen LogP contribution in [-0.2, 0) is 0 Å². The van der Waals surface area contributed by atoms with Crippen LogP contribution in [-0.4, -0.2) is 62.7 Å². The SMILES string of the molecule is CN1CCN(c2ccc(-c3cnc4[nH]cc(-c5ccc6nccn6n5)c4c3)cc2)CC1. The second-order valence-electron chi connectivity index (χ2n) is 8.11. The number of likely N-dealkylation sites (N-methyl/N-ethyl adjacent to an activating group) is 1. The number of pyridine rings is 1. The van der Waals surface area contributed by atoms with Gasteiger partial charge in [-0.25, -0.2) is 14.5 Å². The van der Waals surface area contributed by atoms with Crippen molar-refractivity contribution in [3.05, 3.63) is 67.3 Å².